The Morgan fingerprint density at radius 2 is 0.843 bits per heavy atom. The van der Waals surface area contributed by atoms with E-state index >= 15 is 0 Å². The molecule has 7 aromatic rings. The van der Waals surface area contributed by atoms with Crippen LogP contribution < -0.4 is 31.1 Å². The smallest absolute Gasteiger partial charge is 0.252 e. The Labute approximate surface area is 421 Å². The molecule has 11 rings (SSSR count). The van der Waals surface area contributed by atoms with Crippen LogP contribution in [0.2, 0.25) is 0 Å². The lowest BCUT2D eigenvalue weighted by Gasteiger charge is -2.46. The van der Waals surface area contributed by atoms with Gasteiger partial charge in [0.25, 0.3) is 6.71 Å². The molecule has 0 unspecified atom stereocenters. The number of fused-ring (bicyclic) bond motifs is 6. The van der Waals surface area contributed by atoms with Gasteiger partial charge in [0, 0.05) is 51.2 Å². The third-order valence-corrected chi connectivity index (χ3v) is 16.9. The molecule has 2 aliphatic carbocycles. The predicted molar refractivity (Wildman–Crippen MR) is 303 cm³/mol. The second-order valence-electron chi connectivity index (χ2n) is 26.3. The molecule has 0 radical (unpaired) electrons. The van der Waals surface area contributed by atoms with Crippen molar-refractivity contribution >= 4 is 74.3 Å². The van der Waals surface area contributed by atoms with Gasteiger partial charge in [0.15, 0.2) is 0 Å². The van der Waals surface area contributed by atoms with Crippen LogP contribution >= 0.6 is 0 Å². The fraction of sp³-hybridized carbons (Fsp3) is 0.364. The number of benzene rings is 7. The number of anilines is 9. The van der Waals surface area contributed by atoms with E-state index in [4.69, 9.17) is 0 Å². The molecule has 0 N–H and O–H groups in total. The summed E-state index contributed by atoms with van der Waals surface area (Å²) in [5.41, 5.74) is 26.5. The highest BCUT2D eigenvalue weighted by Gasteiger charge is 2.50. The summed E-state index contributed by atoms with van der Waals surface area (Å²) in [6.45, 7) is 38.5. The van der Waals surface area contributed by atoms with Crippen LogP contribution in [-0.2, 0) is 32.5 Å². The summed E-state index contributed by atoms with van der Waals surface area (Å²) in [6, 6.07) is 52.1. The first-order valence-corrected chi connectivity index (χ1v) is 26.1. The highest BCUT2D eigenvalue weighted by atomic mass is 15.2. The molecule has 0 fully saturated rings. The fourth-order valence-electron chi connectivity index (χ4n) is 13.9. The molecule has 4 heteroatoms. The summed E-state index contributed by atoms with van der Waals surface area (Å²) in [7, 11) is 0. The van der Waals surface area contributed by atoms with Crippen LogP contribution in [0.5, 0.6) is 0 Å². The number of hydrogen-bond acceptors (Lipinski definition) is 3. The highest BCUT2D eigenvalue weighted by Crippen LogP contribution is 2.56. The number of nitrogens with zero attached hydrogens (tertiary/aromatic N) is 3. The van der Waals surface area contributed by atoms with Gasteiger partial charge in [0.1, 0.15) is 0 Å². The van der Waals surface area contributed by atoms with Gasteiger partial charge in [0.05, 0.1) is 0 Å². The Morgan fingerprint density at radius 3 is 1.36 bits per heavy atom. The summed E-state index contributed by atoms with van der Waals surface area (Å²) in [4.78, 5) is 7.83. The van der Waals surface area contributed by atoms with Crippen molar-refractivity contribution in [2.24, 2.45) is 0 Å². The van der Waals surface area contributed by atoms with Crippen LogP contribution in [0.1, 0.15) is 154 Å². The van der Waals surface area contributed by atoms with Crippen molar-refractivity contribution < 1.29 is 0 Å². The van der Waals surface area contributed by atoms with Gasteiger partial charge < -0.3 is 14.7 Å². The second kappa shape index (κ2) is 15.3. The van der Waals surface area contributed by atoms with Crippen LogP contribution in [0.4, 0.5) is 51.2 Å². The van der Waals surface area contributed by atoms with E-state index in [1.165, 1.54) is 95.0 Å². The van der Waals surface area contributed by atoms with Gasteiger partial charge in [-0.15, -0.1) is 0 Å². The van der Waals surface area contributed by atoms with E-state index in [2.05, 4.69) is 259 Å². The molecule has 70 heavy (non-hydrogen) atoms. The van der Waals surface area contributed by atoms with Gasteiger partial charge in [-0.3, -0.25) is 0 Å². The van der Waals surface area contributed by atoms with Crippen LogP contribution in [0.15, 0.2) is 133 Å². The van der Waals surface area contributed by atoms with Crippen LogP contribution in [0, 0.1) is 13.8 Å². The Morgan fingerprint density at radius 1 is 0.400 bits per heavy atom. The molecule has 0 aromatic heterocycles. The first-order valence-electron chi connectivity index (χ1n) is 26.1. The minimum Gasteiger partial charge on any atom is -0.311 e. The molecule has 0 atom stereocenters. The van der Waals surface area contributed by atoms with Gasteiger partial charge in [0.2, 0.25) is 0 Å². The molecule has 0 saturated carbocycles. The molecule has 3 nitrogen and oxygen atoms in total. The fourth-order valence-corrected chi connectivity index (χ4v) is 13.9. The molecule has 7 aromatic carbocycles. The van der Waals surface area contributed by atoms with Crippen molar-refractivity contribution in [3.63, 3.8) is 0 Å². The maximum absolute atomic E-state index is 2.69. The van der Waals surface area contributed by atoms with Gasteiger partial charge >= 0.3 is 0 Å². The van der Waals surface area contributed by atoms with E-state index in [-0.39, 0.29) is 39.2 Å². The molecule has 0 saturated heterocycles. The Bertz CT molecular complexity index is 3230. The highest BCUT2D eigenvalue weighted by molar-refractivity contribution is 7.00. The predicted octanol–water partition coefficient (Wildman–Crippen LogP) is 16.4. The van der Waals surface area contributed by atoms with Crippen molar-refractivity contribution in [3.8, 4) is 0 Å². The topological polar surface area (TPSA) is 9.72 Å². The van der Waals surface area contributed by atoms with Crippen molar-refractivity contribution in [1.29, 1.82) is 0 Å². The molecule has 2 aliphatic heterocycles. The monoisotopic (exact) mass is 920 g/mol. The van der Waals surface area contributed by atoms with Gasteiger partial charge in [-0.25, -0.2) is 0 Å². The molecular formula is C66H74BN3. The summed E-state index contributed by atoms with van der Waals surface area (Å²) in [5, 5.41) is 0. The zero-order valence-corrected chi connectivity index (χ0v) is 45.0. The Kier molecular flexibility index (Phi) is 10.1. The first kappa shape index (κ1) is 46.4. The lowest BCUT2D eigenvalue weighted by Crippen LogP contribution is -2.62. The third kappa shape index (κ3) is 7.12. The van der Waals surface area contributed by atoms with E-state index in [1.54, 1.807) is 0 Å². The van der Waals surface area contributed by atoms with Gasteiger partial charge in [-0.05, 0) is 193 Å². The molecule has 2 heterocycles. The second-order valence-corrected chi connectivity index (χ2v) is 26.3. The van der Waals surface area contributed by atoms with Crippen LogP contribution in [-0.4, -0.2) is 6.71 Å². The van der Waals surface area contributed by atoms with E-state index < -0.39 is 0 Å². The standard InChI is InChI=1S/C66H74BN3/c1-41-31-43(61(3,4)5)27-29-54(41)69-57-38-51-49(64(11,12)40-66(51,15)16)36-53(57)67-52-35-47(68(45-23-19-17-20-24-45)46-25-21-18-22-26-46)28-30-55(52)70(59-34-44(62(6,7)8)33-58(69)60(59)67)56-37-50-48(32-42(56)2)63(9,10)39-65(50,13)14/h17-38H,39-40H2,1-16H3. The van der Waals surface area contributed by atoms with Crippen molar-refractivity contribution in [1.82, 2.24) is 0 Å². The number of rotatable bonds is 5. The number of para-hydroxylation sites is 2. The van der Waals surface area contributed by atoms with Gasteiger partial charge in [-0.1, -0.05) is 158 Å². The van der Waals surface area contributed by atoms with Gasteiger partial charge in [-0.2, -0.15) is 0 Å². The number of aryl methyl sites for hydroxylation is 2. The molecule has 0 spiro atoms. The molecule has 356 valence electrons. The average Bonchev–Trinajstić information content (AvgIpc) is 3.58. The summed E-state index contributed by atoms with van der Waals surface area (Å²) < 4.78 is 0. The summed E-state index contributed by atoms with van der Waals surface area (Å²) in [6.07, 6.45) is 2.23. The van der Waals surface area contributed by atoms with Crippen LogP contribution in [0.25, 0.3) is 0 Å². The SMILES string of the molecule is Cc1cc(C(C)(C)C)ccc1N1c2cc3c(cc2B2c4cc(N(c5ccccc5)c5ccccc5)ccc4N(c4cc5c(cc4C)C(C)(C)CC5(C)C)c4cc(C(C)(C)C)cc1c42)C(C)(C)CC3(C)C. The maximum Gasteiger partial charge on any atom is 0.252 e. The zero-order valence-electron chi connectivity index (χ0n) is 45.0. The van der Waals surface area contributed by atoms with Crippen molar-refractivity contribution in [3.05, 3.63) is 178 Å². The largest absolute Gasteiger partial charge is 0.311 e. The molecule has 4 aliphatic rings. The Balaban J connectivity index is 1.29. The molecule has 0 bridgehead atoms. The lowest BCUT2D eigenvalue weighted by atomic mass is 9.33. The first-order chi connectivity index (χ1) is 32.8. The molecular weight excluding hydrogens is 846 g/mol. The quantitative estimate of drug-likeness (QED) is 0.159. The van der Waals surface area contributed by atoms with E-state index in [0.29, 0.717) is 0 Å². The van der Waals surface area contributed by atoms with Crippen molar-refractivity contribution in [2.45, 2.75) is 156 Å². The zero-order chi connectivity index (χ0) is 49.8. The van der Waals surface area contributed by atoms with E-state index in [0.717, 1.165) is 29.9 Å². The third-order valence-electron chi connectivity index (χ3n) is 16.9. The average molecular weight is 920 g/mol. The van der Waals surface area contributed by atoms with E-state index in [9.17, 15) is 0 Å². The van der Waals surface area contributed by atoms with E-state index in [1.807, 2.05) is 0 Å². The Hall–Kier alpha value is -6.00. The lowest BCUT2D eigenvalue weighted by molar-refractivity contribution is 0.402. The summed E-state index contributed by atoms with van der Waals surface area (Å²) in [5.74, 6) is 0. The van der Waals surface area contributed by atoms with Crippen molar-refractivity contribution in [2.75, 3.05) is 14.7 Å². The normalized spacial score (nSPS) is 17.7. The summed E-state index contributed by atoms with van der Waals surface area (Å²) >= 11 is 0. The maximum atomic E-state index is 2.69. The minimum absolute atomic E-state index is 0.0209. The number of hydrogen-bond donors (Lipinski definition) is 0. The minimum atomic E-state index is -0.122. The molecule has 0 amide bonds. The van der Waals surface area contributed by atoms with Crippen LogP contribution in [0.3, 0.4) is 0 Å².